The highest BCUT2D eigenvalue weighted by Gasteiger charge is 2.32. The number of hydrogen-bond donors (Lipinski definition) is 1. The minimum absolute atomic E-state index is 0.0911. The number of halogens is 3. The van der Waals surface area contributed by atoms with Crippen LogP contribution in [0.3, 0.4) is 0 Å². The summed E-state index contributed by atoms with van der Waals surface area (Å²) in [6, 6.07) is 3.12. The molecule has 0 aliphatic rings. The number of nitrogens with zero attached hydrogens (tertiary/aromatic N) is 2. The average Bonchev–Trinajstić information content (AvgIpc) is 2.35. The summed E-state index contributed by atoms with van der Waals surface area (Å²) >= 11 is 0. The van der Waals surface area contributed by atoms with Crippen LogP contribution < -0.4 is 0 Å². The van der Waals surface area contributed by atoms with Crippen molar-refractivity contribution in [3.05, 3.63) is 35.7 Å². The van der Waals surface area contributed by atoms with E-state index in [1.807, 2.05) is 0 Å². The summed E-state index contributed by atoms with van der Waals surface area (Å²) in [4.78, 5) is 21.4. The molecule has 0 bridgehead atoms. The van der Waals surface area contributed by atoms with Crippen LogP contribution in [0.2, 0.25) is 0 Å². The van der Waals surface area contributed by atoms with E-state index in [1.54, 1.807) is 0 Å². The van der Waals surface area contributed by atoms with Gasteiger partial charge in [0, 0.05) is 11.6 Å². The fourth-order valence-electron chi connectivity index (χ4n) is 1.33. The predicted molar refractivity (Wildman–Crippen MR) is 52.6 cm³/mol. The minimum Gasteiger partial charge on any atom is -0.295 e. The maximum Gasteiger partial charge on any atom is 0.433 e. The van der Waals surface area contributed by atoms with E-state index in [4.69, 9.17) is 5.26 Å². The third kappa shape index (κ3) is 2.23. The second-order valence-corrected chi connectivity index (χ2v) is 3.34. The Balaban J connectivity index is 2.52. The van der Waals surface area contributed by atoms with Crippen molar-refractivity contribution >= 4 is 17.0 Å². The van der Waals surface area contributed by atoms with Gasteiger partial charge in [0.1, 0.15) is 5.69 Å². The monoisotopic (exact) mass is 258 g/mol. The Hall–Kier alpha value is -2.22. The number of pyridine rings is 2. The van der Waals surface area contributed by atoms with E-state index in [2.05, 4.69) is 14.9 Å². The van der Waals surface area contributed by atoms with E-state index in [-0.39, 0.29) is 16.6 Å². The molecule has 0 aliphatic carbocycles. The van der Waals surface area contributed by atoms with Gasteiger partial charge in [-0.05, 0) is 18.2 Å². The van der Waals surface area contributed by atoms with Crippen LogP contribution in [0.25, 0.3) is 11.0 Å². The van der Waals surface area contributed by atoms with Crippen LogP contribution in [0, 0.1) is 0 Å². The molecule has 2 aromatic heterocycles. The lowest BCUT2D eigenvalue weighted by atomic mass is 10.2. The fraction of sp³-hybridized carbons (Fsp3) is 0.100. The van der Waals surface area contributed by atoms with Crippen molar-refractivity contribution in [2.45, 2.75) is 6.18 Å². The zero-order valence-electron chi connectivity index (χ0n) is 8.60. The Bertz CT molecular complexity index is 613. The first-order valence-electron chi connectivity index (χ1n) is 4.61. The summed E-state index contributed by atoms with van der Waals surface area (Å²) in [5.41, 5.74) is -1.31. The van der Waals surface area contributed by atoms with E-state index in [9.17, 15) is 18.0 Å². The van der Waals surface area contributed by atoms with E-state index in [0.717, 1.165) is 18.3 Å². The van der Waals surface area contributed by atoms with Crippen LogP contribution in [0.5, 0.6) is 0 Å². The Morgan fingerprint density at radius 2 is 2.06 bits per heavy atom. The summed E-state index contributed by atoms with van der Waals surface area (Å²) in [5, 5.41) is 8.40. The lowest BCUT2D eigenvalue weighted by Gasteiger charge is -2.06. The largest absolute Gasteiger partial charge is 0.433 e. The van der Waals surface area contributed by atoms with Gasteiger partial charge in [-0.3, -0.25) is 4.89 Å². The molecule has 5 nitrogen and oxygen atoms in total. The van der Waals surface area contributed by atoms with E-state index in [0.29, 0.717) is 0 Å². The number of fused-ring (bicyclic) bond motifs is 1. The summed E-state index contributed by atoms with van der Waals surface area (Å²) in [6.45, 7) is 0. The van der Waals surface area contributed by atoms with Gasteiger partial charge in [-0.15, -0.1) is 0 Å². The van der Waals surface area contributed by atoms with Gasteiger partial charge in [0.15, 0.2) is 5.65 Å². The normalized spacial score (nSPS) is 11.6. The summed E-state index contributed by atoms with van der Waals surface area (Å²) in [5.74, 6) is -1.05. The fourth-order valence-corrected chi connectivity index (χ4v) is 1.33. The zero-order chi connectivity index (χ0) is 13.3. The molecular formula is C10H5F3N2O3. The molecule has 2 rings (SSSR count). The second-order valence-electron chi connectivity index (χ2n) is 3.34. The van der Waals surface area contributed by atoms with Crippen LogP contribution in [-0.4, -0.2) is 21.2 Å². The predicted octanol–water partition coefficient (Wildman–Crippen LogP) is 2.28. The molecule has 2 heterocycles. The second kappa shape index (κ2) is 4.22. The van der Waals surface area contributed by atoms with Crippen molar-refractivity contribution < 1.29 is 28.1 Å². The Labute approximate surface area is 97.8 Å². The number of rotatable bonds is 1. The molecule has 8 heteroatoms. The maximum absolute atomic E-state index is 12.4. The van der Waals surface area contributed by atoms with Gasteiger partial charge in [0.05, 0.1) is 5.56 Å². The smallest absolute Gasteiger partial charge is 0.295 e. The average molecular weight is 258 g/mol. The molecule has 0 spiro atoms. The van der Waals surface area contributed by atoms with Gasteiger partial charge < -0.3 is 0 Å². The van der Waals surface area contributed by atoms with Gasteiger partial charge in [0.25, 0.3) is 0 Å². The molecule has 0 unspecified atom stereocenters. The quantitative estimate of drug-likeness (QED) is 0.627. The number of carbonyl (C=O) groups excluding carboxylic acids is 1. The van der Waals surface area contributed by atoms with Crippen molar-refractivity contribution in [3.8, 4) is 0 Å². The number of hydrogen-bond acceptors (Lipinski definition) is 5. The van der Waals surface area contributed by atoms with Crippen LogP contribution in [-0.2, 0) is 11.1 Å². The van der Waals surface area contributed by atoms with Crippen molar-refractivity contribution in [3.63, 3.8) is 0 Å². The van der Waals surface area contributed by atoms with Crippen molar-refractivity contribution in [1.82, 2.24) is 9.97 Å². The molecule has 0 atom stereocenters. The molecular weight excluding hydrogens is 253 g/mol. The molecule has 0 saturated carbocycles. The van der Waals surface area contributed by atoms with Gasteiger partial charge >= 0.3 is 12.1 Å². The maximum atomic E-state index is 12.4. The Morgan fingerprint density at radius 1 is 1.33 bits per heavy atom. The molecule has 1 N–H and O–H groups in total. The Morgan fingerprint density at radius 3 is 2.67 bits per heavy atom. The molecule has 0 saturated heterocycles. The van der Waals surface area contributed by atoms with Gasteiger partial charge in [-0.25, -0.2) is 14.8 Å². The lowest BCUT2D eigenvalue weighted by molar-refractivity contribution is -0.182. The summed E-state index contributed by atoms with van der Waals surface area (Å²) in [6.07, 6.45) is -3.59. The number of aromatic nitrogens is 2. The van der Waals surface area contributed by atoms with Gasteiger partial charge in [-0.1, -0.05) is 0 Å². The van der Waals surface area contributed by atoms with E-state index >= 15 is 0 Å². The first-order chi connectivity index (χ1) is 8.41. The standard InChI is InChI=1S/C10H5F3N2O3/c11-10(12,13)7-2-1-5-3-6(9(16)18-17)4-14-8(5)15-7/h1-4,17H. The molecule has 0 radical (unpaired) electrons. The third-order valence-electron chi connectivity index (χ3n) is 2.15. The molecule has 94 valence electrons. The highest BCUT2D eigenvalue weighted by Crippen LogP contribution is 2.28. The van der Waals surface area contributed by atoms with Gasteiger partial charge in [-0.2, -0.15) is 18.4 Å². The number of carbonyl (C=O) groups is 1. The first kappa shape index (κ1) is 12.2. The highest BCUT2D eigenvalue weighted by atomic mass is 19.4. The van der Waals surface area contributed by atoms with Crippen LogP contribution in [0.15, 0.2) is 24.4 Å². The first-order valence-corrected chi connectivity index (χ1v) is 4.61. The summed E-state index contributed by atoms with van der Waals surface area (Å²) < 4.78 is 37.1. The molecule has 0 amide bonds. The van der Waals surface area contributed by atoms with E-state index < -0.39 is 17.8 Å². The molecule has 0 fully saturated rings. The van der Waals surface area contributed by atoms with Crippen LogP contribution >= 0.6 is 0 Å². The highest BCUT2D eigenvalue weighted by molar-refractivity contribution is 5.92. The Kier molecular flexibility index (Phi) is 2.87. The van der Waals surface area contributed by atoms with Crippen LogP contribution in [0.1, 0.15) is 16.1 Å². The molecule has 0 aromatic carbocycles. The van der Waals surface area contributed by atoms with Crippen molar-refractivity contribution in [1.29, 1.82) is 0 Å². The SMILES string of the molecule is O=C(OO)c1cnc2nc(C(F)(F)F)ccc2c1. The molecule has 18 heavy (non-hydrogen) atoms. The topological polar surface area (TPSA) is 72.3 Å². The van der Waals surface area contributed by atoms with Gasteiger partial charge in [0.2, 0.25) is 0 Å². The minimum atomic E-state index is -4.56. The number of alkyl halides is 3. The summed E-state index contributed by atoms with van der Waals surface area (Å²) in [7, 11) is 0. The molecule has 0 aliphatic heterocycles. The van der Waals surface area contributed by atoms with Crippen molar-refractivity contribution in [2.24, 2.45) is 0 Å². The molecule has 2 aromatic rings. The van der Waals surface area contributed by atoms with Crippen molar-refractivity contribution in [2.75, 3.05) is 0 Å². The van der Waals surface area contributed by atoms with Crippen LogP contribution in [0.4, 0.5) is 13.2 Å². The third-order valence-corrected chi connectivity index (χ3v) is 2.15. The van der Waals surface area contributed by atoms with E-state index in [1.165, 1.54) is 6.07 Å². The zero-order valence-corrected chi connectivity index (χ0v) is 8.60. The lowest BCUT2D eigenvalue weighted by Crippen LogP contribution is -2.08.